The molecule has 1 unspecified atom stereocenters. The van der Waals surface area contributed by atoms with Crippen LogP contribution in [-0.4, -0.2) is 39.4 Å². The molecule has 0 radical (unpaired) electrons. The van der Waals surface area contributed by atoms with E-state index in [0.29, 0.717) is 4.47 Å². The van der Waals surface area contributed by atoms with E-state index in [2.05, 4.69) is 25.9 Å². The van der Waals surface area contributed by atoms with Gasteiger partial charge >= 0.3 is 11.9 Å². The van der Waals surface area contributed by atoms with Crippen LogP contribution in [0.25, 0.3) is 0 Å². The van der Waals surface area contributed by atoms with Gasteiger partial charge in [0, 0.05) is 28.6 Å². The molecule has 0 spiro atoms. The van der Waals surface area contributed by atoms with Crippen LogP contribution < -0.4 is 4.74 Å². The van der Waals surface area contributed by atoms with Crippen LogP contribution in [0, 0.1) is 5.92 Å². The molecule has 0 fully saturated rings. The summed E-state index contributed by atoms with van der Waals surface area (Å²) in [6.45, 7) is 3.47. The Hall–Kier alpha value is -2.74. The number of hydrogen-bond acceptors (Lipinski definition) is 6. The number of benzene rings is 1. The van der Waals surface area contributed by atoms with Crippen molar-refractivity contribution in [2.45, 2.75) is 19.9 Å². The number of aliphatic carboxylic acids is 1. The maximum absolute atomic E-state index is 12.1. The van der Waals surface area contributed by atoms with E-state index >= 15 is 0 Å². The van der Waals surface area contributed by atoms with E-state index in [4.69, 9.17) is 4.74 Å². The van der Waals surface area contributed by atoms with Crippen molar-refractivity contribution < 1.29 is 24.5 Å². The van der Waals surface area contributed by atoms with Crippen LogP contribution in [0.1, 0.15) is 29.8 Å². The quantitative estimate of drug-likeness (QED) is 0.421. The highest BCUT2D eigenvalue weighted by molar-refractivity contribution is 9.10. The lowest BCUT2D eigenvalue weighted by Gasteiger charge is -2.12. The Morgan fingerprint density at radius 3 is 2.65 bits per heavy atom. The maximum Gasteiger partial charge on any atom is 0.345 e. The third-order valence-corrected chi connectivity index (χ3v) is 3.89. The van der Waals surface area contributed by atoms with Crippen molar-refractivity contribution >= 4 is 34.1 Å². The maximum atomic E-state index is 12.1. The van der Waals surface area contributed by atoms with E-state index in [1.165, 1.54) is 30.7 Å². The monoisotopic (exact) mass is 420 g/mol. The first-order chi connectivity index (χ1) is 12.3. The van der Waals surface area contributed by atoms with E-state index in [0.717, 1.165) is 0 Å². The SMILES string of the molecule is CC(C)C(N=Cc1cc(Br)cc(OC(=O)c2cccnc2)c1O)C(=O)O. The van der Waals surface area contributed by atoms with Gasteiger partial charge in [0.15, 0.2) is 11.5 Å². The number of pyridine rings is 1. The number of phenolic OH excluding ortho intramolecular Hbond substituents is 1. The molecule has 0 saturated carbocycles. The number of halogens is 1. The number of phenols is 1. The molecule has 2 N–H and O–H groups in total. The molecule has 2 rings (SSSR count). The molecular formula is C18H17BrN2O5. The predicted molar refractivity (Wildman–Crippen MR) is 98.9 cm³/mol. The lowest BCUT2D eigenvalue weighted by Crippen LogP contribution is -2.24. The highest BCUT2D eigenvalue weighted by Gasteiger charge is 2.20. The van der Waals surface area contributed by atoms with Crippen molar-refractivity contribution in [3.05, 3.63) is 52.3 Å². The molecule has 2 aromatic rings. The number of carboxylic acids is 1. The van der Waals surface area contributed by atoms with Gasteiger partial charge in [-0.05, 0) is 30.2 Å². The molecule has 1 aromatic heterocycles. The summed E-state index contributed by atoms with van der Waals surface area (Å²) in [6, 6.07) is 5.15. The number of esters is 1. The molecule has 0 aliphatic rings. The standard InChI is InChI=1S/C18H17BrN2O5/c1-10(2)15(17(23)24)21-9-12-6-13(19)7-14(16(12)22)26-18(25)11-4-3-5-20-8-11/h3-10,15,22H,1-2H3,(H,23,24). The average molecular weight is 421 g/mol. The van der Waals surface area contributed by atoms with Gasteiger partial charge in [-0.1, -0.05) is 29.8 Å². The second kappa shape index (κ2) is 8.57. The molecule has 1 aromatic carbocycles. The summed E-state index contributed by atoms with van der Waals surface area (Å²) in [6.07, 6.45) is 4.12. The Bertz CT molecular complexity index is 837. The smallest absolute Gasteiger partial charge is 0.345 e. The van der Waals surface area contributed by atoms with Crippen LogP contribution in [-0.2, 0) is 4.79 Å². The van der Waals surface area contributed by atoms with E-state index < -0.39 is 18.0 Å². The second-order valence-electron chi connectivity index (χ2n) is 5.78. The third kappa shape index (κ3) is 4.89. The number of carboxylic acid groups (broad SMARTS) is 1. The highest BCUT2D eigenvalue weighted by atomic mass is 79.9. The van der Waals surface area contributed by atoms with Crippen molar-refractivity contribution in [1.82, 2.24) is 4.98 Å². The minimum Gasteiger partial charge on any atom is -0.504 e. The molecule has 0 aliphatic heterocycles. The Morgan fingerprint density at radius 1 is 1.35 bits per heavy atom. The number of ether oxygens (including phenoxy) is 1. The van der Waals surface area contributed by atoms with Crippen molar-refractivity contribution in [1.29, 1.82) is 0 Å². The predicted octanol–water partition coefficient (Wildman–Crippen LogP) is 3.30. The van der Waals surface area contributed by atoms with Crippen molar-refractivity contribution in [3.8, 4) is 11.5 Å². The fourth-order valence-electron chi connectivity index (χ4n) is 2.09. The first kappa shape index (κ1) is 19.6. The van der Waals surface area contributed by atoms with Crippen LogP contribution in [0.15, 0.2) is 46.1 Å². The minimum absolute atomic E-state index is 0.0777. The number of nitrogens with zero attached hydrogens (tertiary/aromatic N) is 2. The first-order valence-electron chi connectivity index (χ1n) is 7.70. The highest BCUT2D eigenvalue weighted by Crippen LogP contribution is 2.33. The van der Waals surface area contributed by atoms with Gasteiger partial charge in [0.1, 0.15) is 6.04 Å². The Morgan fingerprint density at radius 2 is 2.08 bits per heavy atom. The second-order valence-corrected chi connectivity index (χ2v) is 6.69. The first-order valence-corrected chi connectivity index (χ1v) is 8.49. The molecule has 7 nitrogen and oxygen atoms in total. The molecule has 0 amide bonds. The lowest BCUT2D eigenvalue weighted by atomic mass is 10.1. The Labute approximate surface area is 158 Å². The normalized spacial score (nSPS) is 12.3. The van der Waals surface area contributed by atoms with Crippen molar-refractivity contribution in [2.24, 2.45) is 10.9 Å². The largest absolute Gasteiger partial charge is 0.504 e. The summed E-state index contributed by atoms with van der Waals surface area (Å²) >= 11 is 3.27. The number of carbonyl (C=O) groups is 2. The van der Waals surface area contributed by atoms with Crippen LogP contribution in [0.5, 0.6) is 11.5 Å². The van der Waals surface area contributed by atoms with Gasteiger partial charge in [-0.2, -0.15) is 0 Å². The summed E-state index contributed by atoms with van der Waals surface area (Å²) < 4.78 is 5.75. The molecule has 0 bridgehead atoms. The van der Waals surface area contributed by atoms with E-state index in [9.17, 15) is 19.8 Å². The average Bonchev–Trinajstić information content (AvgIpc) is 2.59. The van der Waals surface area contributed by atoms with Gasteiger partial charge in [0.2, 0.25) is 0 Å². The lowest BCUT2D eigenvalue weighted by molar-refractivity contribution is -0.139. The summed E-state index contributed by atoms with van der Waals surface area (Å²) in [5.41, 5.74) is 0.452. The van der Waals surface area contributed by atoms with E-state index in [-0.39, 0.29) is 28.5 Å². The Balaban J connectivity index is 2.30. The summed E-state index contributed by atoms with van der Waals surface area (Å²) in [5.74, 6) is -2.36. The van der Waals surface area contributed by atoms with Crippen molar-refractivity contribution in [3.63, 3.8) is 0 Å². The van der Waals surface area contributed by atoms with Crippen LogP contribution >= 0.6 is 15.9 Å². The fourth-order valence-corrected chi connectivity index (χ4v) is 2.55. The minimum atomic E-state index is -1.06. The van der Waals surface area contributed by atoms with Gasteiger partial charge in [-0.3, -0.25) is 9.98 Å². The molecule has 136 valence electrons. The molecule has 1 heterocycles. The van der Waals surface area contributed by atoms with Gasteiger partial charge in [0.05, 0.1) is 5.56 Å². The number of carbonyl (C=O) groups excluding carboxylic acids is 1. The van der Waals surface area contributed by atoms with Gasteiger partial charge in [-0.15, -0.1) is 0 Å². The van der Waals surface area contributed by atoms with Gasteiger partial charge in [0.25, 0.3) is 0 Å². The Kier molecular flexibility index (Phi) is 6.46. The molecule has 0 aliphatic carbocycles. The summed E-state index contributed by atoms with van der Waals surface area (Å²) in [7, 11) is 0. The number of rotatable bonds is 6. The molecule has 1 atom stereocenters. The summed E-state index contributed by atoms with van der Waals surface area (Å²) in [4.78, 5) is 31.2. The number of aliphatic imine (C=N–C) groups is 1. The van der Waals surface area contributed by atoms with Gasteiger partial charge in [-0.25, -0.2) is 9.59 Å². The van der Waals surface area contributed by atoms with Crippen LogP contribution in [0.2, 0.25) is 0 Å². The molecule has 0 saturated heterocycles. The van der Waals surface area contributed by atoms with Crippen molar-refractivity contribution in [2.75, 3.05) is 0 Å². The number of hydrogen-bond donors (Lipinski definition) is 2. The zero-order valence-electron chi connectivity index (χ0n) is 14.1. The number of aromatic hydroxyl groups is 1. The number of aromatic nitrogens is 1. The molecule has 26 heavy (non-hydrogen) atoms. The van der Waals surface area contributed by atoms with Gasteiger partial charge < -0.3 is 14.9 Å². The zero-order chi connectivity index (χ0) is 19.3. The topological polar surface area (TPSA) is 109 Å². The van der Waals surface area contributed by atoms with E-state index in [1.807, 2.05) is 0 Å². The van der Waals surface area contributed by atoms with E-state index in [1.54, 1.807) is 26.0 Å². The fraction of sp³-hybridized carbons (Fsp3) is 0.222. The molecule has 8 heteroatoms. The summed E-state index contributed by atoms with van der Waals surface area (Å²) in [5, 5.41) is 19.5. The molecular weight excluding hydrogens is 404 g/mol. The zero-order valence-corrected chi connectivity index (χ0v) is 15.7. The third-order valence-electron chi connectivity index (χ3n) is 3.43. The van der Waals surface area contributed by atoms with Crippen LogP contribution in [0.3, 0.4) is 0 Å². The van der Waals surface area contributed by atoms with Crippen LogP contribution in [0.4, 0.5) is 0 Å².